The summed E-state index contributed by atoms with van der Waals surface area (Å²) in [4.78, 5) is 12.0. The van der Waals surface area contributed by atoms with Gasteiger partial charge in [0.15, 0.2) is 0 Å². The van der Waals surface area contributed by atoms with Gasteiger partial charge in [-0.05, 0) is 24.1 Å². The molecule has 1 aromatic carbocycles. The van der Waals surface area contributed by atoms with Crippen LogP contribution in [0.2, 0.25) is 5.02 Å². The Balaban J connectivity index is 2.23. The van der Waals surface area contributed by atoms with Crippen LogP contribution in [0.1, 0.15) is 12.5 Å². The first-order valence-corrected chi connectivity index (χ1v) is 6.02. The Kier molecular flexibility index (Phi) is 2.94. The summed E-state index contributed by atoms with van der Waals surface area (Å²) in [6, 6.07) is 5.76. The molecule has 4 heteroatoms. The van der Waals surface area contributed by atoms with E-state index in [0.29, 0.717) is 0 Å². The molecule has 15 heavy (non-hydrogen) atoms. The molecule has 1 aromatic rings. The number of carboxylic acid groups (broad SMARTS) is 1. The molecule has 1 aliphatic heterocycles. The molecule has 2 unspecified atom stereocenters. The zero-order valence-corrected chi connectivity index (χ0v) is 9.81. The first-order chi connectivity index (χ1) is 7.09. The lowest BCUT2D eigenvalue weighted by Gasteiger charge is -2.12. The SMILES string of the molecule is CC(C(=O)O)C1Cc2c(Cl)cccc2S1. The van der Waals surface area contributed by atoms with Crippen molar-refractivity contribution in [3.05, 3.63) is 28.8 Å². The Labute approximate surface area is 97.6 Å². The van der Waals surface area contributed by atoms with Crippen LogP contribution >= 0.6 is 23.4 Å². The molecule has 80 valence electrons. The highest BCUT2D eigenvalue weighted by Crippen LogP contribution is 2.43. The third-order valence-electron chi connectivity index (χ3n) is 2.71. The largest absolute Gasteiger partial charge is 0.481 e. The summed E-state index contributed by atoms with van der Waals surface area (Å²) < 4.78 is 0. The molecule has 0 spiro atoms. The van der Waals surface area contributed by atoms with Gasteiger partial charge in [-0.3, -0.25) is 4.79 Å². The van der Waals surface area contributed by atoms with Crippen LogP contribution in [0, 0.1) is 5.92 Å². The lowest BCUT2D eigenvalue weighted by molar-refractivity contribution is -0.141. The van der Waals surface area contributed by atoms with Gasteiger partial charge in [-0.15, -0.1) is 11.8 Å². The van der Waals surface area contributed by atoms with E-state index in [-0.39, 0.29) is 11.2 Å². The maximum atomic E-state index is 10.9. The highest BCUT2D eigenvalue weighted by molar-refractivity contribution is 8.00. The minimum Gasteiger partial charge on any atom is -0.481 e. The number of fused-ring (bicyclic) bond motifs is 1. The normalized spacial score (nSPS) is 21.1. The van der Waals surface area contributed by atoms with E-state index in [1.165, 1.54) is 0 Å². The van der Waals surface area contributed by atoms with Crippen molar-refractivity contribution >= 4 is 29.3 Å². The molecule has 2 atom stereocenters. The highest BCUT2D eigenvalue weighted by atomic mass is 35.5. The van der Waals surface area contributed by atoms with Gasteiger partial charge in [0.05, 0.1) is 5.92 Å². The van der Waals surface area contributed by atoms with E-state index in [0.717, 1.165) is 21.9 Å². The lowest BCUT2D eigenvalue weighted by atomic mass is 10.0. The molecular weight excluding hydrogens is 232 g/mol. The van der Waals surface area contributed by atoms with E-state index in [4.69, 9.17) is 16.7 Å². The van der Waals surface area contributed by atoms with Crippen LogP contribution in [0.15, 0.2) is 23.1 Å². The van der Waals surface area contributed by atoms with Crippen molar-refractivity contribution in [2.75, 3.05) is 0 Å². The van der Waals surface area contributed by atoms with Crippen LogP contribution in [-0.2, 0) is 11.2 Å². The number of benzene rings is 1. The standard InChI is InChI=1S/C11H11ClO2S/c1-6(11(13)14)10-5-7-8(12)3-2-4-9(7)15-10/h2-4,6,10H,5H2,1H3,(H,13,14). The smallest absolute Gasteiger partial charge is 0.307 e. The van der Waals surface area contributed by atoms with Crippen LogP contribution in [0.3, 0.4) is 0 Å². The first kappa shape index (κ1) is 10.8. The molecule has 1 heterocycles. The molecule has 0 bridgehead atoms. The van der Waals surface area contributed by atoms with Crippen LogP contribution in [0.4, 0.5) is 0 Å². The molecule has 0 fully saturated rings. The van der Waals surface area contributed by atoms with E-state index in [2.05, 4.69) is 0 Å². The van der Waals surface area contributed by atoms with Gasteiger partial charge >= 0.3 is 5.97 Å². The maximum absolute atomic E-state index is 10.9. The Morgan fingerprint density at radius 2 is 2.40 bits per heavy atom. The van der Waals surface area contributed by atoms with Crippen LogP contribution in [0.25, 0.3) is 0 Å². The van der Waals surface area contributed by atoms with Crippen LogP contribution in [0.5, 0.6) is 0 Å². The van der Waals surface area contributed by atoms with Crippen molar-refractivity contribution < 1.29 is 9.90 Å². The fourth-order valence-corrected chi connectivity index (χ4v) is 3.39. The van der Waals surface area contributed by atoms with Gasteiger partial charge in [0.2, 0.25) is 0 Å². The molecule has 0 aromatic heterocycles. The van der Waals surface area contributed by atoms with Crippen LogP contribution < -0.4 is 0 Å². The second-order valence-electron chi connectivity index (χ2n) is 3.70. The van der Waals surface area contributed by atoms with Crippen molar-refractivity contribution in [1.82, 2.24) is 0 Å². The Morgan fingerprint density at radius 3 is 3.00 bits per heavy atom. The van der Waals surface area contributed by atoms with Crippen molar-refractivity contribution in [1.29, 1.82) is 0 Å². The molecule has 0 saturated heterocycles. The van der Waals surface area contributed by atoms with Gasteiger partial charge in [-0.25, -0.2) is 0 Å². The first-order valence-electron chi connectivity index (χ1n) is 4.76. The van der Waals surface area contributed by atoms with Crippen molar-refractivity contribution in [2.24, 2.45) is 5.92 Å². The topological polar surface area (TPSA) is 37.3 Å². The fourth-order valence-electron chi connectivity index (χ4n) is 1.69. The average Bonchev–Trinajstić information content (AvgIpc) is 2.61. The minimum absolute atomic E-state index is 0.109. The number of thioether (sulfide) groups is 1. The highest BCUT2D eigenvalue weighted by Gasteiger charge is 2.31. The number of rotatable bonds is 2. The fraction of sp³-hybridized carbons (Fsp3) is 0.364. The van der Waals surface area contributed by atoms with E-state index in [1.54, 1.807) is 18.7 Å². The molecule has 2 nitrogen and oxygen atoms in total. The second kappa shape index (κ2) is 4.06. The number of halogens is 1. The van der Waals surface area contributed by atoms with Gasteiger partial charge < -0.3 is 5.11 Å². The molecule has 0 aliphatic carbocycles. The van der Waals surface area contributed by atoms with Crippen LogP contribution in [-0.4, -0.2) is 16.3 Å². The lowest BCUT2D eigenvalue weighted by Crippen LogP contribution is -2.22. The number of hydrogen-bond donors (Lipinski definition) is 1. The number of hydrogen-bond acceptors (Lipinski definition) is 2. The molecule has 0 radical (unpaired) electrons. The second-order valence-corrected chi connectivity index (χ2v) is 5.39. The summed E-state index contributed by atoms with van der Waals surface area (Å²) >= 11 is 7.68. The number of aliphatic carboxylic acids is 1. The predicted octanol–water partition coefficient (Wildman–Crippen LogP) is 3.08. The summed E-state index contributed by atoms with van der Waals surface area (Å²) in [5.74, 6) is -1.07. The Bertz CT molecular complexity index is 406. The molecule has 2 rings (SSSR count). The summed E-state index contributed by atoms with van der Waals surface area (Å²) in [7, 11) is 0. The van der Waals surface area contributed by atoms with E-state index < -0.39 is 5.97 Å². The third-order valence-corrected chi connectivity index (χ3v) is 4.57. The maximum Gasteiger partial charge on any atom is 0.307 e. The molecular formula is C11H11ClO2S. The molecule has 0 saturated carbocycles. The molecule has 1 N–H and O–H groups in total. The van der Waals surface area contributed by atoms with Crippen molar-refractivity contribution in [2.45, 2.75) is 23.5 Å². The Hall–Kier alpha value is -0.670. The van der Waals surface area contributed by atoms with Crippen molar-refractivity contribution in [3.63, 3.8) is 0 Å². The van der Waals surface area contributed by atoms with Gasteiger partial charge in [-0.1, -0.05) is 24.6 Å². The van der Waals surface area contributed by atoms with Gasteiger partial charge in [-0.2, -0.15) is 0 Å². The Morgan fingerprint density at radius 1 is 1.67 bits per heavy atom. The quantitative estimate of drug-likeness (QED) is 0.866. The van der Waals surface area contributed by atoms with E-state index in [1.807, 2.05) is 18.2 Å². The van der Waals surface area contributed by atoms with Gasteiger partial charge in [0, 0.05) is 15.2 Å². The molecule has 0 amide bonds. The van der Waals surface area contributed by atoms with E-state index >= 15 is 0 Å². The zero-order chi connectivity index (χ0) is 11.0. The van der Waals surface area contributed by atoms with Gasteiger partial charge in [0.1, 0.15) is 0 Å². The third kappa shape index (κ3) is 1.99. The van der Waals surface area contributed by atoms with Gasteiger partial charge in [0.25, 0.3) is 0 Å². The summed E-state index contributed by atoms with van der Waals surface area (Å²) in [6.07, 6.45) is 0.757. The number of carboxylic acids is 1. The summed E-state index contributed by atoms with van der Waals surface area (Å²) in [5, 5.41) is 9.80. The zero-order valence-electron chi connectivity index (χ0n) is 8.24. The molecule has 1 aliphatic rings. The average molecular weight is 243 g/mol. The van der Waals surface area contributed by atoms with E-state index in [9.17, 15) is 4.79 Å². The number of carbonyl (C=O) groups is 1. The summed E-state index contributed by atoms with van der Waals surface area (Å²) in [6.45, 7) is 1.75. The minimum atomic E-state index is -0.739. The predicted molar refractivity (Wildman–Crippen MR) is 61.6 cm³/mol. The van der Waals surface area contributed by atoms with Crippen molar-refractivity contribution in [3.8, 4) is 0 Å². The summed E-state index contributed by atoms with van der Waals surface area (Å²) in [5.41, 5.74) is 1.10. The monoisotopic (exact) mass is 242 g/mol.